The Morgan fingerprint density at radius 3 is 1.18 bits per heavy atom. The predicted octanol–water partition coefficient (Wildman–Crippen LogP) is 20.6. The molecule has 0 bridgehead atoms. The molecule has 0 N–H and O–H groups in total. The average Bonchev–Trinajstić information content (AvgIpc) is 3.81. The van der Waals surface area contributed by atoms with Crippen LogP contribution in [0.15, 0.2) is 243 Å². The van der Waals surface area contributed by atoms with Gasteiger partial charge in [-0.1, -0.05) is 212 Å². The summed E-state index contributed by atoms with van der Waals surface area (Å²) in [5.74, 6) is 0. The van der Waals surface area contributed by atoms with E-state index in [0.29, 0.717) is 0 Å². The van der Waals surface area contributed by atoms with Crippen LogP contribution in [0.3, 0.4) is 0 Å². The molecule has 15 aromatic carbocycles. The number of hydrogen-bond donors (Lipinski definition) is 0. The second kappa shape index (κ2) is 14.8. The standard InChI is InChI=1S/C70H40S/c1-4-20-45-41(17-1)34-36-64-68(45)63-39-60-48-23-7-6-22-47(48)59-38-43(33-35-50(59)61(60)40-65(63)71-64)66-51-25-9-13-29-55(51)69(56-30-14-10-26-52(56)66)70-57-31-15-11-27-53(57)67(54-28-12-16-32-58(54)70)62-37-42-18-2-3-19-44(42)46-21-5-8-24-49(46)62/h1-40H. The van der Waals surface area contributed by atoms with Gasteiger partial charge >= 0.3 is 0 Å². The van der Waals surface area contributed by atoms with Crippen LogP contribution < -0.4 is 0 Å². The van der Waals surface area contributed by atoms with Gasteiger partial charge in [-0.25, -0.2) is 0 Å². The van der Waals surface area contributed by atoms with E-state index in [2.05, 4.69) is 243 Å². The maximum Gasteiger partial charge on any atom is 0.0362 e. The molecule has 0 atom stereocenters. The van der Waals surface area contributed by atoms with Crippen molar-refractivity contribution in [1.82, 2.24) is 0 Å². The highest BCUT2D eigenvalue weighted by Gasteiger charge is 2.24. The zero-order chi connectivity index (χ0) is 46.3. The van der Waals surface area contributed by atoms with Crippen LogP contribution in [0.2, 0.25) is 0 Å². The van der Waals surface area contributed by atoms with Crippen molar-refractivity contribution >= 4 is 139 Å². The summed E-state index contributed by atoms with van der Waals surface area (Å²) in [4.78, 5) is 0. The number of rotatable bonds is 3. The molecule has 1 heterocycles. The highest BCUT2D eigenvalue weighted by Crippen LogP contribution is 2.52. The van der Waals surface area contributed by atoms with E-state index in [1.807, 2.05) is 11.3 Å². The quantitative estimate of drug-likeness (QED) is 0.122. The molecule has 1 heteroatoms. The van der Waals surface area contributed by atoms with Crippen LogP contribution >= 0.6 is 11.3 Å². The number of hydrogen-bond acceptors (Lipinski definition) is 1. The van der Waals surface area contributed by atoms with E-state index in [4.69, 9.17) is 0 Å². The maximum atomic E-state index is 2.49. The third-order valence-electron chi connectivity index (χ3n) is 15.8. The van der Waals surface area contributed by atoms with E-state index in [0.717, 1.165) is 0 Å². The Morgan fingerprint density at radius 2 is 0.606 bits per heavy atom. The molecule has 0 amide bonds. The highest BCUT2D eigenvalue weighted by atomic mass is 32.1. The lowest BCUT2D eigenvalue weighted by atomic mass is 9.80. The van der Waals surface area contributed by atoms with Gasteiger partial charge in [-0.05, 0) is 171 Å². The Balaban J connectivity index is 0.974. The fraction of sp³-hybridized carbons (Fsp3) is 0. The molecule has 0 nitrogen and oxygen atoms in total. The molecule has 0 fully saturated rings. The molecule has 0 saturated carbocycles. The van der Waals surface area contributed by atoms with E-state index < -0.39 is 0 Å². The molecule has 16 rings (SSSR count). The summed E-state index contributed by atoms with van der Waals surface area (Å²) in [7, 11) is 0. The molecule has 71 heavy (non-hydrogen) atoms. The van der Waals surface area contributed by atoms with Crippen molar-refractivity contribution in [3.63, 3.8) is 0 Å². The molecule has 0 unspecified atom stereocenters. The van der Waals surface area contributed by atoms with Gasteiger partial charge in [-0.2, -0.15) is 0 Å². The first-order chi connectivity index (χ1) is 35.2. The highest BCUT2D eigenvalue weighted by molar-refractivity contribution is 7.26. The second-order valence-corrected chi connectivity index (χ2v) is 20.4. The zero-order valence-electron chi connectivity index (χ0n) is 38.5. The van der Waals surface area contributed by atoms with Gasteiger partial charge in [0.1, 0.15) is 0 Å². The van der Waals surface area contributed by atoms with Crippen LogP contribution in [0.25, 0.3) is 161 Å². The summed E-state index contributed by atoms with van der Waals surface area (Å²) in [5, 5.41) is 28.2. The smallest absolute Gasteiger partial charge is 0.0362 e. The molecule has 16 aromatic rings. The number of fused-ring (bicyclic) bond motifs is 18. The molecule has 0 aliphatic rings. The van der Waals surface area contributed by atoms with Crippen molar-refractivity contribution in [1.29, 1.82) is 0 Å². The third-order valence-corrected chi connectivity index (χ3v) is 16.9. The minimum absolute atomic E-state index is 1.23. The van der Waals surface area contributed by atoms with Crippen LogP contribution in [0.5, 0.6) is 0 Å². The Bertz CT molecular complexity index is 4880. The molecule has 0 radical (unpaired) electrons. The normalized spacial score (nSPS) is 12.2. The van der Waals surface area contributed by atoms with Gasteiger partial charge in [0, 0.05) is 20.2 Å². The van der Waals surface area contributed by atoms with Crippen LogP contribution in [0.4, 0.5) is 0 Å². The number of benzene rings is 15. The summed E-state index contributed by atoms with van der Waals surface area (Å²) >= 11 is 1.91. The maximum absolute atomic E-state index is 2.49. The lowest BCUT2D eigenvalue weighted by Gasteiger charge is -2.23. The summed E-state index contributed by atoms with van der Waals surface area (Å²) in [6.07, 6.45) is 0. The molecule has 1 aromatic heterocycles. The van der Waals surface area contributed by atoms with E-state index in [1.54, 1.807) is 0 Å². The minimum Gasteiger partial charge on any atom is -0.135 e. The SMILES string of the molecule is c1ccc2c(c1)cc(-c1c3ccccc3c(-c3c4ccccc4c(-c4ccc5c(c4)c4ccccc4c4cc6c(cc54)sc4ccc5ccccc5c46)c4ccccc34)c3ccccc13)c1ccccc12. The van der Waals surface area contributed by atoms with Crippen LogP contribution in [-0.4, -0.2) is 0 Å². The van der Waals surface area contributed by atoms with Crippen LogP contribution in [0.1, 0.15) is 0 Å². The van der Waals surface area contributed by atoms with Crippen LogP contribution in [0, 0.1) is 0 Å². The monoisotopic (exact) mass is 912 g/mol. The van der Waals surface area contributed by atoms with E-state index in [9.17, 15) is 0 Å². The van der Waals surface area contributed by atoms with Crippen molar-refractivity contribution in [2.45, 2.75) is 0 Å². The van der Waals surface area contributed by atoms with Crippen molar-refractivity contribution in [3.05, 3.63) is 243 Å². The Morgan fingerprint density at radius 1 is 0.197 bits per heavy atom. The lowest BCUT2D eigenvalue weighted by molar-refractivity contribution is 1.69. The van der Waals surface area contributed by atoms with Gasteiger partial charge in [0.2, 0.25) is 0 Å². The first-order valence-electron chi connectivity index (χ1n) is 24.7. The number of thiophene rings is 1. The van der Waals surface area contributed by atoms with Crippen molar-refractivity contribution in [2.24, 2.45) is 0 Å². The predicted molar refractivity (Wildman–Crippen MR) is 311 cm³/mol. The first kappa shape index (κ1) is 39.0. The van der Waals surface area contributed by atoms with Gasteiger partial charge in [0.15, 0.2) is 0 Å². The largest absolute Gasteiger partial charge is 0.135 e. The van der Waals surface area contributed by atoms with Gasteiger partial charge in [-0.3, -0.25) is 0 Å². The van der Waals surface area contributed by atoms with E-state index in [-0.39, 0.29) is 0 Å². The third kappa shape index (κ3) is 5.50. The average molecular weight is 913 g/mol. The van der Waals surface area contributed by atoms with Gasteiger partial charge in [0.25, 0.3) is 0 Å². The van der Waals surface area contributed by atoms with Gasteiger partial charge in [-0.15, -0.1) is 11.3 Å². The summed E-state index contributed by atoms with van der Waals surface area (Å²) in [6.45, 7) is 0. The summed E-state index contributed by atoms with van der Waals surface area (Å²) in [5.41, 5.74) is 7.60. The molecule has 0 aliphatic heterocycles. The molecule has 0 aliphatic carbocycles. The van der Waals surface area contributed by atoms with Crippen molar-refractivity contribution in [2.75, 3.05) is 0 Å². The lowest BCUT2D eigenvalue weighted by Crippen LogP contribution is -1.95. The van der Waals surface area contributed by atoms with Crippen molar-refractivity contribution < 1.29 is 0 Å². The molecule has 0 saturated heterocycles. The summed E-state index contributed by atoms with van der Waals surface area (Å²) in [6, 6.07) is 91.5. The van der Waals surface area contributed by atoms with Crippen molar-refractivity contribution in [3.8, 4) is 33.4 Å². The van der Waals surface area contributed by atoms with Crippen LogP contribution in [-0.2, 0) is 0 Å². The first-order valence-corrected chi connectivity index (χ1v) is 25.5. The second-order valence-electron chi connectivity index (χ2n) is 19.3. The Kier molecular flexibility index (Phi) is 8.14. The fourth-order valence-electron chi connectivity index (χ4n) is 12.8. The topological polar surface area (TPSA) is 0 Å². The zero-order valence-corrected chi connectivity index (χ0v) is 39.3. The fourth-order valence-corrected chi connectivity index (χ4v) is 13.9. The molecule has 326 valence electrons. The van der Waals surface area contributed by atoms with E-state index >= 15 is 0 Å². The molecular formula is C70H40S. The molecule has 0 spiro atoms. The Labute approximate surface area is 412 Å². The van der Waals surface area contributed by atoms with Gasteiger partial charge in [0.05, 0.1) is 0 Å². The Hall–Kier alpha value is -8.88. The molecular weight excluding hydrogens is 873 g/mol. The minimum atomic E-state index is 1.23. The van der Waals surface area contributed by atoms with Gasteiger partial charge < -0.3 is 0 Å². The van der Waals surface area contributed by atoms with E-state index in [1.165, 1.54) is 161 Å². The summed E-state index contributed by atoms with van der Waals surface area (Å²) < 4.78 is 2.67.